The van der Waals surface area contributed by atoms with Crippen molar-refractivity contribution in [2.75, 3.05) is 26.4 Å². The second-order valence-corrected chi connectivity index (χ2v) is 11.3. The number of hydroxylamine groups is 2. The van der Waals surface area contributed by atoms with Crippen LogP contribution < -0.4 is 0 Å². The first kappa shape index (κ1) is 37.8. The second-order valence-electron chi connectivity index (χ2n) is 11.3. The summed E-state index contributed by atoms with van der Waals surface area (Å²) < 4.78 is 33.4. The maximum atomic E-state index is 12.1. The summed E-state index contributed by atoms with van der Waals surface area (Å²) >= 11 is 0. The highest BCUT2D eigenvalue weighted by Crippen LogP contribution is 2.33. The Labute approximate surface area is 266 Å². The van der Waals surface area contributed by atoms with Crippen LogP contribution in [0.1, 0.15) is 25.7 Å². The zero-order chi connectivity index (χ0) is 34.6. The van der Waals surface area contributed by atoms with Gasteiger partial charge in [-0.25, -0.2) is 4.79 Å². The molecule has 21 nitrogen and oxygen atoms in total. The molecule has 47 heavy (non-hydrogen) atoms. The van der Waals surface area contributed by atoms with E-state index >= 15 is 0 Å². The van der Waals surface area contributed by atoms with Gasteiger partial charge in [0.05, 0.1) is 32.8 Å². The molecule has 4 fully saturated rings. The number of carbonyl (C=O) groups is 3. The minimum Gasteiger partial charge on any atom is -0.394 e. The van der Waals surface area contributed by atoms with E-state index < -0.39 is 130 Å². The number of amides is 2. The second kappa shape index (κ2) is 16.6. The molecular weight excluding hydrogens is 646 g/mol. The third-order valence-corrected chi connectivity index (χ3v) is 8.09. The molecule has 4 saturated heterocycles. The van der Waals surface area contributed by atoms with Crippen LogP contribution in [0.25, 0.3) is 0 Å². The molecule has 9 unspecified atom stereocenters. The van der Waals surface area contributed by atoms with Crippen LogP contribution in [0.2, 0.25) is 0 Å². The van der Waals surface area contributed by atoms with Gasteiger partial charge in [-0.3, -0.25) is 9.59 Å². The van der Waals surface area contributed by atoms with Crippen molar-refractivity contribution in [3.05, 3.63) is 0 Å². The van der Waals surface area contributed by atoms with Crippen LogP contribution in [0.3, 0.4) is 0 Å². The Bertz CT molecular complexity index is 1050. The first-order valence-electron chi connectivity index (χ1n) is 14.9. The Morgan fingerprint density at radius 3 is 1.62 bits per heavy atom. The highest BCUT2D eigenvalue weighted by Gasteiger charge is 2.54. The SMILES string of the molecule is O=C(CCCO[C@H]1OC(CO)[C@@H](O)C(O)C1O[C@H]1OC(CO)[C@@H](O)C(O)C1O[C@@H]1OC(CO)[C@@H](O)C(O)C1O)ON1C(=O)CCC1=O. The molecule has 0 bridgehead atoms. The number of carbonyl (C=O) groups excluding carboxylic acids is 3. The van der Waals surface area contributed by atoms with Crippen LogP contribution in [0.5, 0.6) is 0 Å². The average molecular weight is 688 g/mol. The molecule has 4 rings (SSSR count). The van der Waals surface area contributed by atoms with E-state index in [9.17, 15) is 65.4 Å². The van der Waals surface area contributed by atoms with Crippen molar-refractivity contribution in [1.29, 1.82) is 0 Å². The predicted octanol–water partition coefficient (Wildman–Crippen LogP) is -7.16. The summed E-state index contributed by atoms with van der Waals surface area (Å²) in [7, 11) is 0. The largest absolute Gasteiger partial charge is 0.394 e. The minimum absolute atomic E-state index is 0.0790. The van der Waals surface area contributed by atoms with Crippen molar-refractivity contribution in [3.63, 3.8) is 0 Å². The van der Waals surface area contributed by atoms with E-state index in [1.807, 2.05) is 0 Å². The normalized spacial score (nSPS) is 42.9. The topological polar surface area (TPSA) is 321 Å². The Kier molecular flexibility index (Phi) is 13.3. The molecule has 2 amide bonds. The Balaban J connectivity index is 1.46. The van der Waals surface area contributed by atoms with Gasteiger partial charge in [0, 0.05) is 12.8 Å². The van der Waals surface area contributed by atoms with E-state index in [0.29, 0.717) is 5.06 Å². The summed E-state index contributed by atoms with van der Waals surface area (Å²) in [6, 6.07) is 0. The molecule has 270 valence electrons. The van der Waals surface area contributed by atoms with Crippen LogP contribution in [-0.2, 0) is 47.6 Å². The molecule has 4 aliphatic heterocycles. The molecule has 4 heterocycles. The number of aliphatic hydroxyl groups is 10. The van der Waals surface area contributed by atoms with Crippen LogP contribution in [0.4, 0.5) is 0 Å². The molecule has 0 saturated carbocycles. The van der Waals surface area contributed by atoms with Crippen LogP contribution in [0.15, 0.2) is 0 Å². The zero-order valence-electron chi connectivity index (χ0n) is 24.8. The fraction of sp³-hybridized carbons (Fsp3) is 0.885. The lowest BCUT2D eigenvalue weighted by molar-refractivity contribution is -0.393. The number of hydrogen-bond donors (Lipinski definition) is 10. The third-order valence-electron chi connectivity index (χ3n) is 8.09. The lowest BCUT2D eigenvalue weighted by Gasteiger charge is -2.48. The number of imide groups is 1. The Morgan fingerprint density at radius 1 is 0.638 bits per heavy atom. The molecule has 0 aromatic carbocycles. The number of rotatable bonds is 13. The minimum atomic E-state index is -1.95. The fourth-order valence-electron chi connectivity index (χ4n) is 5.36. The average Bonchev–Trinajstić information content (AvgIpc) is 3.37. The van der Waals surface area contributed by atoms with Crippen molar-refractivity contribution >= 4 is 17.8 Å². The molecule has 15 atom stereocenters. The summed E-state index contributed by atoms with van der Waals surface area (Å²) in [5.41, 5.74) is 0. The van der Waals surface area contributed by atoms with Crippen molar-refractivity contribution in [3.8, 4) is 0 Å². The number of hydrogen-bond acceptors (Lipinski definition) is 20. The highest BCUT2D eigenvalue weighted by molar-refractivity contribution is 6.01. The van der Waals surface area contributed by atoms with Gasteiger partial charge >= 0.3 is 5.97 Å². The van der Waals surface area contributed by atoms with E-state index in [-0.39, 0.29) is 32.3 Å². The molecule has 0 aromatic heterocycles. The predicted molar refractivity (Wildman–Crippen MR) is 141 cm³/mol. The van der Waals surface area contributed by atoms with E-state index in [4.69, 9.17) is 33.3 Å². The Hall–Kier alpha value is -2.03. The Morgan fingerprint density at radius 2 is 1.09 bits per heavy atom. The van der Waals surface area contributed by atoms with Gasteiger partial charge in [-0.05, 0) is 6.42 Å². The summed E-state index contributed by atoms with van der Waals surface area (Å²) in [5, 5.41) is 103. The molecular formula is C26H41NO20. The summed E-state index contributed by atoms with van der Waals surface area (Å²) in [6.45, 7) is -2.76. The van der Waals surface area contributed by atoms with Gasteiger partial charge in [0.25, 0.3) is 11.8 Å². The lowest BCUT2D eigenvalue weighted by Crippen LogP contribution is -2.67. The quantitative estimate of drug-likeness (QED) is 0.0635. The van der Waals surface area contributed by atoms with Crippen molar-refractivity contribution in [1.82, 2.24) is 5.06 Å². The molecule has 10 N–H and O–H groups in total. The van der Waals surface area contributed by atoms with Crippen LogP contribution in [0, 0.1) is 0 Å². The standard InChI is InChI=1S/C26H41NO20/c28-6-9-15(34)18(37)21(40)24(42-9)45-23-20(39)17(36)11(8-30)44-26(23)46-22-19(38)16(35)10(7-29)43-25(22)41-5-1-2-14(33)47-27-12(31)3-4-13(27)32/h9-11,15-26,28-30,34-40H,1-8H2/t9?,10?,11?,15-,16-,17-,18?,19?,20?,21?,22?,23?,24+,25+,26-/m1/s1. The van der Waals surface area contributed by atoms with Gasteiger partial charge in [0.1, 0.15) is 73.2 Å². The van der Waals surface area contributed by atoms with Crippen molar-refractivity contribution in [2.45, 2.75) is 118 Å². The summed E-state index contributed by atoms with van der Waals surface area (Å²) in [6.07, 6.45) is -26.8. The molecule has 0 radical (unpaired) electrons. The highest BCUT2D eigenvalue weighted by atomic mass is 16.8. The van der Waals surface area contributed by atoms with E-state index in [2.05, 4.69) is 0 Å². The lowest BCUT2D eigenvalue weighted by atomic mass is 9.96. The molecule has 4 aliphatic rings. The first-order chi connectivity index (χ1) is 22.3. The first-order valence-corrected chi connectivity index (χ1v) is 14.9. The van der Waals surface area contributed by atoms with Crippen molar-refractivity contribution < 1.29 is 98.7 Å². The monoisotopic (exact) mass is 687 g/mol. The molecule has 0 aliphatic carbocycles. The fourth-order valence-corrected chi connectivity index (χ4v) is 5.36. The maximum absolute atomic E-state index is 12.1. The molecule has 0 aromatic rings. The van der Waals surface area contributed by atoms with E-state index in [1.54, 1.807) is 0 Å². The van der Waals surface area contributed by atoms with Gasteiger partial charge < -0.3 is 84.3 Å². The summed E-state index contributed by atoms with van der Waals surface area (Å²) in [5.74, 6) is -2.26. The number of ether oxygens (including phenoxy) is 6. The number of aliphatic hydroxyl groups excluding tert-OH is 10. The molecule has 21 heteroatoms. The maximum Gasteiger partial charge on any atom is 0.333 e. The van der Waals surface area contributed by atoms with E-state index in [1.165, 1.54) is 0 Å². The van der Waals surface area contributed by atoms with Crippen molar-refractivity contribution in [2.24, 2.45) is 0 Å². The van der Waals surface area contributed by atoms with Gasteiger partial charge in [-0.1, -0.05) is 0 Å². The van der Waals surface area contributed by atoms with Gasteiger partial charge in [0.15, 0.2) is 18.9 Å². The molecule has 0 spiro atoms. The van der Waals surface area contributed by atoms with Gasteiger partial charge in [0.2, 0.25) is 0 Å². The summed E-state index contributed by atoms with van der Waals surface area (Å²) in [4.78, 5) is 40.2. The third kappa shape index (κ3) is 8.41. The number of nitrogens with zero attached hydrogens (tertiary/aromatic N) is 1. The van der Waals surface area contributed by atoms with E-state index in [0.717, 1.165) is 0 Å². The van der Waals surface area contributed by atoms with Gasteiger partial charge in [-0.15, -0.1) is 5.06 Å². The van der Waals surface area contributed by atoms with Crippen LogP contribution >= 0.6 is 0 Å². The van der Waals surface area contributed by atoms with Gasteiger partial charge in [-0.2, -0.15) is 0 Å². The smallest absolute Gasteiger partial charge is 0.333 e. The zero-order valence-corrected chi connectivity index (χ0v) is 24.8. The van der Waals surface area contributed by atoms with Crippen LogP contribution in [-0.4, -0.2) is 192 Å².